The van der Waals surface area contributed by atoms with E-state index in [1.54, 1.807) is 0 Å². The summed E-state index contributed by atoms with van der Waals surface area (Å²) in [6, 6.07) is 0. The molecule has 0 aliphatic carbocycles. The van der Waals surface area contributed by atoms with E-state index in [4.69, 9.17) is 19.7 Å². The molecule has 0 bridgehead atoms. The number of esters is 1. The van der Waals surface area contributed by atoms with Gasteiger partial charge < -0.3 is 24.8 Å². The van der Waals surface area contributed by atoms with Crippen LogP contribution in [0.5, 0.6) is 0 Å². The molecule has 0 saturated carbocycles. The van der Waals surface area contributed by atoms with Gasteiger partial charge >= 0.3 is 5.97 Å². The molecule has 0 unspecified atom stereocenters. The van der Waals surface area contributed by atoms with Crippen LogP contribution in [0.1, 0.15) is 32.6 Å². The normalized spacial score (nSPS) is 14.2. The molecule has 0 rings (SSSR count). The van der Waals surface area contributed by atoms with Crippen LogP contribution >= 0.6 is 0 Å². The fraction of sp³-hybridized carbons (Fsp3) is 0.917. The molecule has 0 aliphatic heterocycles. The molecule has 0 aliphatic rings. The van der Waals surface area contributed by atoms with Gasteiger partial charge in [0.25, 0.3) is 0 Å². The van der Waals surface area contributed by atoms with Crippen molar-refractivity contribution in [2.75, 3.05) is 26.4 Å². The lowest BCUT2D eigenvalue weighted by Crippen LogP contribution is -2.27. The minimum Gasteiger partial charge on any atom is -0.463 e. The largest absolute Gasteiger partial charge is 0.463 e. The Labute approximate surface area is 108 Å². The van der Waals surface area contributed by atoms with Crippen molar-refractivity contribution in [3.05, 3.63) is 0 Å². The summed E-state index contributed by atoms with van der Waals surface area (Å²) in [4.78, 5) is 11.2. The van der Waals surface area contributed by atoms with Gasteiger partial charge in [-0.15, -0.1) is 0 Å². The first kappa shape index (κ1) is 17.3. The fourth-order valence-electron chi connectivity index (χ4n) is 1.22. The first-order valence-electron chi connectivity index (χ1n) is 6.30. The maximum atomic E-state index is 11.2. The van der Waals surface area contributed by atoms with Gasteiger partial charge in [0, 0.05) is 6.42 Å². The average molecular weight is 264 g/mol. The third-order valence-electron chi connectivity index (χ3n) is 2.25. The molecule has 0 heterocycles. The lowest BCUT2D eigenvalue weighted by atomic mass is 10.2. The molecule has 6 heteroatoms. The SMILES string of the molecule is CCCCCC(=O)OC[C@H](O)COC[C@H](O)CO. The predicted octanol–water partition coefficient (Wildman–Crippen LogP) is -0.159. The number of rotatable bonds is 11. The maximum absolute atomic E-state index is 11.2. The van der Waals surface area contributed by atoms with Gasteiger partial charge in [-0.05, 0) is 6.42 Å². The molecule has 108 valence electrons. The lowest BCUT2D eigenvalue weighted by Gasteiger charge is -2.13. The van der Waals surface area contributed by atoms with E-state index in [9.17, 15) is 9.90 Å². The molecule has 6 nitrogen and oxygen atoms in total. The molecule has 0 radical (unpaired) electrons. The van der Waals surface area contributed by atoms with Crippen molar-refractivity contribution in [1.29, 1.82) is 0 Å². The highest BCUT2D eigenvalue weighted by Gasteiger charge is 2.10. The molecular weight excluding hydrogens is 240 g/mol. The van der Waals surface area contributed by atoms with Gasteiger partial charge in [-0.1, -0.05) is 19.8 Å². The van der Waals surface area contributed by atoms with Gasteiger partial charge in [0.2, 0.25) is 0 Å². The van der Waals surface area contributed by atoms with Crippen molar-refractivity contribution >= 4 is 5.97 Å². The quantitative estimate of drug-likeness (QED) is 0.354. The van der Waals surface area contributed by atoms with Crippen molar-refractivity contribution in [3.63, 3.8) is 0 Å². The van der Waals surface area contributed by atoms with E-state index in [1.807, 2.05) is 6.92 Å². The second-order valence-corrected chi connectivity index (χ2v) is 4.17. The molecule has 3 N–H and O–H groups in total. The number of aliphatic hydroxyl groups excluding tert-OH is 3. The van der Waals surface area contributed by atoms with Crippen molar-refractivity contribution in [2.24, 2.45) is 0 Å². The second-order valence-electron chi connectivity index (χ2n) is 4.17. The summed E-state index contributed by atoms with van der Waals surface area (Å²) in [7, 11) is 0. The molecule has 0 saturated heterocycles. The van der Waals surface area contributed by atoms with Gasteiger partial charge in [-0.2, -0.15) is 0 Å². The lowest BCUT2D eigenvalue weighted by molar-refractivity contribution is -0.148. The molecular formula is C12H24O6. The van der Waals surface area contributed by atoms with Crippen LogP contribution < -0.4 is 0 Å². The zero-order chi connectivity index (χ0) is 13.8. The highest BCUT2D eigenvalue weighted by molar-refractivity contribution is 5.69. The summed E-state index contributed by atoms with van der Waals surface area (Å²) in [5, 5.41) is 26.9. The predicted molar refractivity (Wildman–Crippen MR) is 65.0 cm³/mol. The Balaban J connectivity index is 3.45. The van der Waals surface area contributed by atoms with Gasteiger partial charge in [-0.3, -0.25) is 4.79 Å². The van der Waals surface area contributed by atoms with E-state index in [1.165, 1.54) is 0 Å². The summed E-state index contributed by atoms with van der Waals surface area (Å²) < 4.78 is 9.78. The standard InChI is InChI=1S/C12H24O6/c1-2-3-4-5-12(16)18-9-11(15)8-17-7-10(14)6-13/h10-11,13-15H,2-9H2,1H3/t10-,11-/m1/s1. The molecule has 0 fully saturated rings. The Morgan fingerprint density at radius 2 is 1.78 bits per heavy atom. The third kappa shape index (κ3) is 10.5. The van der Waals surface area contributed by atoms with Crippen LogP contribution in [-0.4, -0.2) is 59.9 Å². The van der Waals surface area contributed by atoms with Crippen LogP contribution in [0.4, 0.5) is 0 Å². The van der Waals surface area contributed by atoms with Gasteiger partial charge in [0.1, 0.15) is 18.8 Å². The Bertz CT molecular complexity index is 209. The van der Waals surface area contributed by atoms with Crippen LogP contribution in [0.15, 0.2) is 0 Å². The topological polar surface area (TPSA) is 96.2 Å². The first-order valence-corrected chi connectivity index (χ1v) is 6.30. The van der Waals surface area contributed by atoms with Crippen molar-refractivity contribution < 1.29 is 29.6 Å². The third-order valence-corrected chi connectivity index (χ3v) is 2.25. The van der Waals surface area contributed by atoms with Crippen molar-refractivity contribution in [2.45, 2.75) is 44.8 Å². The van der Waals surface area contributed by atoms with Gasteiger partial charge in [0.05, 0.1) is 19.8 Å². The Morgan fingerprint density at radius 1 is 1.11 bits per heavy atom. The zero-order valence-corrected chi connectivity index (χ0v) is 10.9. The molecule has 2 atom stereocenters. The highest BCUT2D eigenvalue weighted by atomic mass is 16.5. The second kappa shape index (κ2) is 11.4. The highest BCUT2D eigenvalue weighted by Crippen LogP contribution is 2.01. The average Bonchev–Trinajstić information content (AvgIpc) is 2.36. The number of hydrogen-bond acceptors (Lipinski definition) is 6. The number of carbonyl (C=O) groups excluding carboxylic acids is 1. The van der Waals surface area contributed by atoms with E-state index in [-0.39, 0.29) is 32.4 Å². The van der Waals surface area contributed by atoms with Crippen molar-refractivity contribution in [1.82, 2.24) is 0 Å². The molecule has 0 amide bonds. The fourth-order valence-corrected chi connectivity index (χ4v) is 1.22. The van der Waals surface area contributed by atoms with E-state index in [0.29, 0.717) is 6.42 Å². The number of unbranched alkanes of at least 4 members (excludes halogenated alkanes) is 2. The minimum atomic E-state index is -0.950. The molecule has 0 spiro atoms. The number of carbonyl (C=O) groups is 1. The van der Waals surface area contributed by atoms with E-state index in [2.05, 4.69) is 0 Å². The van der Waals surface area contributed by atoms with E-state index in [0.717, 1.165) is 19.3 Å². The summed E-state index contributed by atoms with van der Waals surface area (Å²) in [6.07, 6.45) is 1.33. The monoisotopic (exact) mass is 264 g/mol. The summed E-state index contributed by atoms with van der Waals surface area (Å²) in [5.41, 5.74) is 0. The van der Waals surface area contributed by atoms with Crippen LogP contribution in [-0.2, 0) is 14.3 Å². The van der Waals surface area contributed by atoms with Crippen LogP contribution in [0.2, 0.25) is 0 Å². The van der Waals surface area contributed by atoms with Crippen LogP contribution in [0.25, 0.3) is 0 Å². The smallest absolute Gasteiger partial charge is 0.305 e. The van der Waals surface area contributed by atoms with Crippen LogP contribution in [0.3, 0.4) is 0 Å². The number of hydrogen-bond donors (Lipinski definition) is 3. The van der Waals surface area contributed by atoms with Gasteiger partial charge in [0.15, 0.2) is 0 Å². The Hall–Kier alpha value is -0.690. The minimum absolute atomic E-state index is 0.0424. The van der Waals surface area contributed by atoms with Gasteiger partial charge in [-0.25, -0.2) is 0 Å². The molecule has 0 aromatic rings. The summed E-state index contributed by atoms with van der Waals surface area (Å²) in [6.45, 7) is 1.45. The Kier molecular flexibility index (Phi) is 11.0. The summed E-state index contributed by atoms with van der Waals surface area (Å²) in [5.74, 6) is -0.321. The number of aliphatic hydroxyl groups is 3. The van der Waals surface area contributed by atoms with Crippen molar-refractivity contribution in [3.8, 4) is 0 Å². The Morgan fingerprint density at radius 3 is 2.39 bits per heavy atom. The zero-order valence-electron chi connectivity index (χ0n) is 10.9. The number of ether oxygens (including phenoxy) is 2. The van der Waals surface area contributed by atoms with E-state index >= 15 is 0 Å². The molecule has 0 aromatic carbocycles. The molecule has 18 heavy (non-hydrogen) atoms. The van der Waals surface area contributed by atoms with Crippen LogP contribution in [0, 0.1) is 0 Å². The maximum Gasteiger partial charge on any atom is 0.305 e. The molecule has 0 aromatic heterocycles. The first-order chi connectivity index (χ1) is 8.60. The van der Waals surface area contributed by atoms with E-state index < -0.39 is 12.2 Å². The summed E-state index contributed by atoms with van der Waals surface area (Å²) >= 11 is 0.